The van der Waals surface area contributed by atoms with Gasteiger partial charge in [-0.2, -0.15) is 0 Å². The minimum Gasteiger partial charge on any atom is -0.393 e. The van der Waals surface area contributed by atoms with Crippen molar-refractivity contribution in [2.45, 2.75) is 25.8 Å². The first-order valence-electron chi connectivity index (χ1n) is 6.64. The van der Waals surface area contributed by atoms with E-state index in [9.17, 15) is 10.1 Å². The molecule has 1 aliphatic rings. The molecular formula is C13H20N4O2. The third-order valence-corrected chi connectivity index (χ3v) is 3.43. The van der Waals surface area contributed by atoms with Crippen molar-refractivity contribution in [1.29, 1.82) is 0 Å². The Hall–Kier alpha value is -1.82. The van der Waals surface area contributed by atoms with E-state index < -0.39 is 4.92 Å². The zero-order valence-corrected chi connectivity index (χ0v) is 11.1. The van der Waals surface area contributed by atoms with E-state index in [2.05, 4.69) is 17.1 Å². The lowest BCUT2D eigenvalue weighted by Gasteiger charge is -2.20. The van der Waals surface area contributed by atoms with Gasteiger partial charge in [0.2, 0.25) is 0 Å². The molecule has 6 nitrogen and oxygen atoms in total. The summed E-state index contributed by atoms with van der Waals surface area (Å²) < 4.78 is 0. The molecule has 0 unspecified atom stereocenters. The Kier molecular flexibility index (Phi) is 4.21. The largest absolute Gasteiger partial charge is 0.393 e. The van der Waals surface area contributed by atoms with Gasteiger partial charge in [0.15, 0.2) is 0 Å². The predicted molar refractivity (Wildman–Crippen MR) is 76.3 cm³/mol. The maximum atomic E-state index is 11.0. The van der Waals surface area contributed by atoms with Crippen molar-refractivity contribution in [3.8, 4) is 0 Å². The lowest BCUT2D eigenvalue weighted by Crippen LogP contribution is -2.31. The normalized spacial score (nSPS) is 14.6. The Morgan fingerprint density at radius 2 is 2.26 bits per heavy atom. The molecule has 1 fully saturated rings. The number of nitro benzene ring substituents is 1. The molecule has 6 heteroatoms. The number of anilines is 2. The van der Waals surface area contributed by atoms with Crippen LogP contribution in [-0.2, 0) is 0 Å². The van der Waals surface area contributed by atoms with Gasteiger partial charge < -0.3 is 11.1 Å². The van der Waals surface area contributed by atoms with Gasteiger partial charge in [0, 0.05) is 19.1 Å². The van der Waals surface area contributed by atoms with E-state index in [-0.39, 0.29) is 11.4 Å². The molecule has 0 bridgehead atoms. The fourth-order valence-electron chi connectivity index (χ4n) is 2.28. The predicted octanol–water partition coefficient (Wildman–Crippen LogP) is 2.07. The highest BCUT2D eigenvalue weighted by molar-refractivity contribution is 5.74. The van der Waals surface area contributed by atoms with Gasteiger partial charge in [0.25, 0.3) is 0 Å². The monoisotopic (exact) mass is 264 g/mol. The molecule has 0 heterocycles. The zero-order chi connectivity index (χ0) is 13.8. The number of nitrogens with one attached hydrogen (secondary N) is 1. The van der Waals surface area contributed by atoms with Gasteiger partial charge in [-0.3, -0.25) is 15.0 Å². The molecule has 0 saturated heterocycles. The minimum atomic E-state index is -0.434. The van der Waals surface area contributed by atoms with E-state index in [0.717, 1.165) is 13.1 Å². The van der Waals surface area contributed by atoms with Crippen LogP contribution in [0.25, 0.3) is 0 Å². The molecule has 3 N–H and O–H groups in total. The van der Waals surface area contributed by atoms with Crippen molar-refractivity contribution in [3.05, 3.63) is 28.3 Å². The number of benzene rings is 1. The Morgan fingerprint density at radius 1 is 1.53 bits per heavy atom. The number of rotatable bonds is 7. The quantitative estimate of drug-likeness (QED) is 0.447. The number of nitrogens with zero attached hydrogens (tertiary/aromatic N) is 2. The van der Waals surface area contributed by atoms with Crippen molar-refractivity contribution in [3.63, 3.8) is 0 Å². The fraction of sp³-hybridized carbons (Fsp3) is 0.538. The smallest absolute Gasteiger partial charge is 0.314 e. The summed E-state index contributed by atoms with van der Waals surface area (Å²) in [5.74, 6) is 0. The molecule has 1 aliphatic carbocycles. The third-order valence-electron chi connectivity index (χ3n) is 3.43. The van der Waals surface area contributed by atoms with Gasteiger partial charge in [0.1, 0.15) is 11.4 Å². The molecule has 0 atom stereocenters. The van der Waals surface area contributed by atoms with Crippen LogP contribution in [0, 0.1) is 10.1 Å². The van der Waals surface area contributed by atoms with Gasteiger partial charge >= 0.3 is 5.69 Å². The SMILES string of the molecule is CCN(CCNc1cccc(N)c1[N+](=O)[O-])C1CC1. The van der Waals surface area contributed by atoms with E-state index in [0.29, 0.717) is 18.3 Å². The molecule has 0 aromatic heterocycles. The Morgan fingerprint density at radius 3 is 2.84 bits per heavy atom. The lowest BCUT2D eigenvalue weighted by atomic mass is 10.2. The van der Waals surface area contributed by atoms with Gasteiger partial charge in [0.05, 0.1) is 4.92 Å². The highest BCUT2D eigenvalue weighted by Crippen LogP contribution is 2.30. The third kappa shape index (κ3) is 3.35. The molecule has 2 rings (SSSR count). The van der Waals surface area contributed by atoms with Crippen molar-refractivity contribution >= 4 is 17.1 Å². The van der Waals surface area contributed by atoms with E-state index >= 15 is 0 Å². The van der Waals surface area contributed by atoms with Crippen LogP contribution in [0.2, 0.25) is 0 Å². The van der Waals surface area contributed by atoms with Crippen LogP contribution in [0.15, 0.2) is 18.2 Å². The maximum absolute atomic E-state index is 11.0. The fourth-order valence-corrected chi connectivity index (χ4v) is 2.28. The van der Waals surface area contributed by atoms with Gasteiger partial charge in [-0.05, 0) is 31.5 Å². The first-order chi connectivity index (χ1) is 9.13. The van der Waals surface area contributed by atoms with Crippen molar-refractivity contribution in [2.75, 3.05) is 30.7 Å². The summed E-state index contributed by atoms with van der Waals surface area (Å²) in [6.45, 7) is 4.74. The molecule has 0 radical (unpaired) electrons. The van der Waals surface area contributed by atoms with Gasteiger partial charge in [-0.1, -0.05) is 13.0 Å². The van der Waals surface area contributed by atoms with Crippen LogP contribution in [0.3, 0.4) is 0 Å². The molecule has 19 heavy (non-hydrogen) atoms. The van der Waals surface area contributed by atoms with Gasteiger partial charge in [-0.15, -0.1) is 0 Å². The number of nitrogen functional groups attached to an aromatic ring is 1. The first-order valence-corrected chi connectivity index (χ1v) is 6.64. The van der Waals surface area contributed by atoms with Crippen LogP contribution in [0.4, 0.5) is 17.1 Å². The number of nitrogens with two attached hydrogens (primary N) is 1. The number of nitro groups is 1. The zero-order valence-electron chi connectivity index (χ0n) is 11.1. The summed E-state index contributed by atoms with van der Waals surface area (Å²) in [4.78, 5) is 12.9. The number of likely N-dealkylation sites (N-methyl/N-ethyl adjacent to an activating group) is 1. The molecule has 1 aromatic carbocycles. The Balaban J connectivity index is 1.95. The summed E-state index contributed by atoms with van der Waals surface area (Å²) in [5, 5.41) is 14.1. The molecule has 0 spiro atoms. The number of hydrogen-bond donors (Lipinski definition) is 2. The van der Waals surface area contributed by atoms with Gasteiger partial charge in [-0.25, -0.2) is 0 Å². The average Bonchev–Trinajstić information content (AvgIpc) is 3.18. The summed E-state index contributed by atoms with van der Waals surface area (Å²) in [5.41, 5.74) is 6.31. The average molecular weight is 264 g/mol. The second kappa shape index (κ2) is 5.88. The lowest BCUT2D eigenvalue weighted by molar-refractivity contribution is -0.383. The Bertz CT molecular complexity index is 460. The summed E-state index contributed by atoms with van der Waals surface area (Å²) in [6.07, 6.45) is 2.54. The van der Waals surface area contributed by atoms with Crippen molar-refractivity contribution in [1.82, 2.24) is 4.90 Å². The number of para-hydroxylation sites is 1. The highest BCUT2D eigenvalue weighted by atomic mass is 16.6. The highest BCUT2D eigenvalue weighted by Gasteiger charge is 2.27. The Labute approximate surface area is 112 Å². The molecule has 1 saturated carbocycles. The second-order valence-electron chi connectivity index (χ2n) is 4.79. The summed E-state index contributed by atoms with van der Waals surface area (Å²) >= 11 is 0. The molecule has 1 aromatic rings. The van der Waals surface area contributed by atoms with Crippen LogP contribution >= 0.6 is 0 Å². The number of hydrogen-bond acceptors (Lipinski definition) is 5. The maximum Gasteiger partial charge on any atom is 0.314 e. The second-order valence-corrected chi connectivity index (χ2v) is 4.79. The summed E-state index contributed by atoms with van der Waals surface area (Å²) in [7, 11) is 0. The summed E-state index contributed by atoms with van der Waals surface area (Å²) in [6, 6.07) is 5.68. The van der Waals surface area contributed by atoms with E-state index in [4.69, 9.17) is 5.73 Å². The van der Waals surface area contributed by atoms with Crippen LogP contribution in [-0.4, -0.2) is 35.5 Å². The molecule has 0 aliphatic heterocycles. The van der Waals surface area contributed by atoms with Crippen molar-refractivity contribution in [2.24, 2.45) is 0 Å². The van der Waals surface area contributed by atoms with Crippen molar-refractivity contribution < 1.29 is 4.92 Å². The van der Waals surface area contributed by atoms with E-state index in [1.165, 1.54) is 12.8 Å². The first kappa shape index (κ1) is 13.6. The topological polar surface area (TPSA) is 84.4 Å². The van der Waals surface area contributed by atoms with Crippen LogP contribution in [0.1, 0.15) is 19.8 Å². The van der Waals surface area contributed by atoms with E-state index in [1.54, 1.807) is 18.2 Å². The van der Waals surface area contributed by atoms with Crippen LogP contribution < -0.4 is 11.1 Å². The molecule has 0 amide bonds. The van der Waals surface area contributed by atoms with Crippen LogP contribution in [0.5, 0.6) is 0 Å². The van der Waals surface area contributed by atoms with E-state index in [1.807, 2.05) is 0 Å². The standard InChI is InChI=1S/C13H20N4O2/c1-2-16(10-6-7-10)9-8-15-12-5-3-4-11(14)13(12)17(18)19/h3-5,10,15H,2,6-9,14H2,1H3. The molecule has 104 valence electrons. The molecular weight excluding hydrogens is 244 g/mol. The minimum absolute atomic E-state index is 0.0306.